The van der Waals surface area contributed by atoms with Crippen LogP contribution in [-0.4, -0.2) is 6.85 Å². The van der Waals surface area contributed by atoms with Crippen LogP contribution in [0, 0.1) is 0 Å². The van der Waals surface area contributed by atoms with Crippen LogP contribution < -0.4 is 25.5 Å². The summed E-state index contributed by atoms with van der Waals surface area (Å²) in [6.07, 6.45) is 0. The highest BCUT2D eigenvalue weighted by Gasteiger charge is 2.48. The van der Waals surface area contributed by atoms with Gasteiger partial charge in [0.25, 0.3) is 0 Å². The van der Waals surface area contributed by atoms with Crippen LogP contribution in [0.25, 0.3) is 64.4 Å². The van der Waals surface area contributed by atoms with E-state index in [1.807, 2.05) is 11.3 Å². The molecule has 4 nitrogen and oxygen atoms in total. The molecule has 0 saturated carbocycles. The van der Waals surface area contributed by atoms with Gasteiger partial charge < -0.3 is 19.0 Å². The molecule has 0 aliphatic carbocycles. The molecular weight excluding hydrogens is 1010 g/mol. The SMILES string of the molecule is CC(C)(C)c1ccc(N2B3c4cc(N(c5cccc(C(C)(C)C)c5)c5cccc(C(C)(C)C)c5)ccc4N(c4ccc(C(C)(C)C)cc4-c4ccccc4)c4cc5c(sc6ccccc65)c(c43)-c3ccc4c(oc5ccccc54)c32)cc1. The zero-order valence-electron chi connectivity index (χ0n) is 49.4. The summed E-state index contributed by atoms with van der Waals surface area (Å²) in [5.74, 6) is 0. The van der Waals surface area contributed by atoms with E-state index in [2.05, 4.69) is 304 Å². The summed E-state index contributed by atoms with van der Waals surface area (Å²) in [6, 6.07) is 78.3. The predicted octanol–water partition coefficient (Wildman–Crippen LogP) is 21.0. The first-order valence-electron chi connectivity index (χ1n) is 29.2. The van der Waals surface area contributed by atoms with E-state index in [1.54, 1.807) is 0 Å². The number of anilines is 8. The van der Waals surface area contributed by atoms with E-state index in [0.717, 1.165) is 61.8 Å². The number of thiophene rings is 1. The molecule has 0 radical (unpaired) electrons. The molecule has 14 rings (SSSR count). The minimum Gasteiger partial charge on any atom is -0.454 e. The Labute approximate surface area is 488 Å². The van der Waals surface area contributed by atoms with E-state index in [-0.39, 0.29) is 28.5 Å². The van der Waals surface area contributed by atoms with Gasteiger partial charge in [0.05, 0.1) is 11.4 Å². The predicted molar refractivity (Wildman–Crippen MR) is 355 cm³/mol. The Hall–Kier alpha value is -8.32. The molecule has 0 spiro atoms. The summed E-state index contributed by atoms with van der Waals surface area (Å²) in [6.45, 7) is 27.5. The van der Waals surface area contributed by atoms with Crippen molar-refractivity contribution in [1.29, 1.82) is 0 Å². The van der Waals surface area contributed by atoms with Crippen molar-refractivity contribution in [3.05, 3.63) is 229 Å². The van der Waals surface area contributed by atoms with E-state index in [9.17, 15) is 0 Å². The third-order valence-corrected chi connectivity index (χ3v) is 18.6. The number of nitrogens with zero attached hydrogens (tertiary/aromatic N) is 3. The van der Waals surface area contributed by atoms with Crippen molar-refractivity contribution in [2.75, 3.05) is 14.6 Å². The van der Waals surface area contributed by atoms with Crippen molar-refractivity contribution in [1.82, 2.24) is 0 Å². The lowest BCUT2D eigenvalue weighted by molar-refractivity contribution is 0.590. The maximum Gasteiger partial charge on any atom is 0.333 e. The molecule has 12 aromatic rings. The second-order valence-electron chi connectivity index (χ2n) is 27.0. The third kappa shape index (κ3) is 8.38. The number of hydrogen-bond donors (Lipinski definition) is 0. The Kier molecular flexibility index (Phi) is 11.8. The van der Waals surface area contributed by atoms with E-state index in [1.165, 1.54) is 81.3 Å². The minimum atomic E-state index is -0.310. The molecule has 6 heteroatoms. The Bertz CT molecular complexity index is 4460. The van der Waals surface area contributed by atoms with Gasteiger partial charge in [-0.05, 0) is 151 Å². The van der Waals surface area contributed by atoms with Gasteiger partial charge in [0, 0.05) is 81.8 Å². The smallest absolute Gasteiger partial charge is 0.333 e. The fraction of sp³-hybridized carbons (Fsp3) is 0.211. The van der Waals surface area contributed by atoms with E-state index >= 15 is 0 Å². The van der Waals surface area contributed by atoms with Crippen LogP contribution in [0.2, 0.25) is 0 Å². The van der Waals surface area contributed by atoms with Crippen LogP contribution in [0.4, 0.5) is 45.5 Å². The quantitative estimate of drug-likeness (QED) is 0.155. The van der Waals surface area contributed by atoms with E-state index in [0.29, 0.717) is 0 Å². The average Bonchev–Trinajstić information content (AvgIpc) is 2.73. The van der Waals surface area contributed by atoms with Gasteiger partial charge in [0.2, 0.25) is 0 Å². The molecule has 2 aliphatic heterocycles. The van der Waals surface area contributed by atoms with Crippen LogP contribution in [0.3, 0.4) is 0 Å². The summed E-state index contributed by atoms with van der Waals surface area (Å²) in [7, 11) is 0. The molecule has 4 heterocycles. The van der Waals surface area contributed by atoms with Crippen LogP contribution >= 0.6 is 11.3 Å². The molecule has 0 fully saturated rings. The second kappa shape index (κ2) is 18.6. The van der Waals surface area contributed by atoms with E-state index in [4.69, 9.17) is 4.42 Å². The van der Waals surface area contributed by atoms with Gasteiger partial charge in [-0.3, -0.25) is 0 Å². The average molecular weight is 1080 g/mol. The molecule has 2 aliphatic rings. The normalized spacial score (nSPS) is 13.5. The second-order valence-corrected chi connectivity index (χ2v) is 28.1. The van der Waals surface area contributed by atoms with Crippen molar-refractivity contribution in [3.63, 3.8) is 0 Å². The molecule has 0 bridgehead atoms. The fourth-order valence-electron chi connectivity index (χ4n) is 13.0. The number of para-hydroxylation sites is 1. The lowest BCUT2D eigenvalue weighted by Crippen LogP contribution is -2.61. The van der Waals surface area contributed by atoms with Crippen molar-refractivity contribution < 1.29 is 4.42 Å². The first-order valence-corrected chi connectivity index (χ1v) is 30.0. The first kappa shape index (κ1) is 51.8. The zero-order valence-corrected chi connectivity index (χ0v) is 50.2. The number of fused-ring (bicyclic) bond motifs is 12. The van der Waals surface area contributed by atoms with Gasteiger partial charge in [-0.2, -0.15) is 0 Å². The molecule has 0 amide bonds. The largest absolute Gasteiger partial charge is 0.454 e. The lowest BCUT2D eigenvalue weighted by Gasteiger charge is -2.46. The van der Waals surface area contributed by atoms with Crippen LogP contribution in [0.15, 0.2) is 211 Å². The van der Waals surface area contributed by atoms with Crippen molar-refractivity contribution >= 4 is 117 Å². The molecule has 404 valence electrons. The van der Waals surface area contributed by atoms with Gasteiger partial charge in [0.1, 0.15) is 5.58 Å². The van der Waals surface area contributed by atoms with Crippen molar-refractivity contribution in [2.24, 2.45) is 0 Å². The molecule has 10 aromatic carbocycles. The number of benzene rings is 10. The van der Waals surface area contributed by atoms with Gasteiger partial charge in [-0.15, -0.1) is 11.3 Å². The van der Waals surface area contributed by atoms with Gasteiger partial charge in [-0.25, -0.2) is 0 Å². The maximum absolute atomic E-state index is 7.29. The minimum absolute atomic E-state index is 0.0409. The Morgan fingerprint density at radius 1 is 0.427 bits per heavy atom. The Morgan fingerprint density at radius 2 is 1.01 bits per heavy atom. The standard InChI is InChI=1S/C76H70BN3OS/c1-73(2,3)48-32-35-52(36-33-48)80-70-59(39-38-58-56-28-16-18-30-66(56)81-71(58)70)68-69-65(46-61-57-29-17-19-31-67(57)82-72(61)68)79(63-40-34-51(76(10,11)12)44-60(63)47-22-14-13-15-23-47)64-41-37-55(45-62(64)77(69)80)78(53-26-20-24-49(42-53)74(4,5)6)54-27-21-25-50(43-54)75(7,8)9/h13-46H,1-12H3. The van der Waals surface area contributed by atoms with Gasteiger partial charge >= 0.3 is 6.85 Å². The van der Waals surface area contributed by atoms with Gasteiger partial charge in [-0.1, -0.05) is 198 Å². The maximum atomic E-state index is 7.29. The molecule has 2 aromatic heterocycles. The molecule has 0 N–H and O–H groups in total. The summed E-state index contributed by atoms with van der Waals surface area (Å²) < 4.78 is 9.85. The molecule has 0 unspecified atom stereocenters. The highest BCUT2D eigenvalue weighted by atomic mass is 32.1. The highest BCUT2D eigenvalue weighted by Crippen LogP contribution is 2.56. The number of furan rings is 1. The Balaban J connectivity index is 1.16. The summed E-state index contributed by atoms with van der Waals surface area (Å²) in [5, 5.41) is 4.75. The third-order valence-electron chi connectivity index (χ3n) is 17.4. The fourth-order valence-corrected chi connectivity index (χ4v) is 14.2. The van der Waals surface area contributed by atoms with Crippen molar-refractivity contribution in [3.8, 4) is 22.3 Å². The highest BCUT2D eigenvalue weighted by molar-refractivity contribution is 7.26. The van der Waals surface area contributed by atoms with Crippen LogP contribution in [0.1, 0.15) is 105 Å². The zero-order chi connectivity index (χ0) is 56.8. The Morgan fingerprint density at radius 3 is 1.68 bits per heavy atom. The van der Waals surface area contributed by atoms with Gasteiger partial charge in [0.15, 0.2) is 5.58 Å². The number of rotatable bonds is 6. The summed E-state index contributed by atoms with van der Waals surface area (Å²) in [4.78, 5) is 7.79. The summed E-state index contributed by atoms with van der Waals surface area (Å²) in [5.41, 5.74) is 22.9. The number of hydrogen-bond acceptors (Lipinski definition) is 5. The molecule has 0 atom stereocenters. The molecular formula is C76H70BN3OS. The van der Waals surface area contributed by atoms with Crippen molar-refractivity contribution in [2.45, 2.75) is 105 Å². The molecule has 0 saturated heterocycles. The summed E-state index contributed by atoms with van der Waals surface area (Å²) >= 11 is 1.91. The van der Waals surface area contributed by atoms with Crippen LogP contribution in [0.5, 0.6) is 0 Å². The van der Waals surface area contributed by atoms with E-state index < -0.39 is 0 Å². The lowest BCUT2D eigenvalue weighted by atomic mass is 9.43. The molecule has 82 heavy (non-hydrogen) atoms. The monoisotopic (exact) mass is 1080 g/mol. The first-order chi connectivity index (χ1) is 39.2. The topological polar surface area (TPSA) is 22.9 Å². The van der Waals surface area contributed by atoms with Crippen LogP contribution in [-0.2, 0) is 21.7 Å².